The molecule has 28 heavy (non-hydrogen) atoms. The molecule has 0 unspecified atom stereocenters. The van der Waals surface area contributed by atoms with Crippen molar-refractivity contribution in [2.45, 2.75) is 26.2 Å². The number of benzene rings is 1. The van der Waals surface area contributed by atoms with Gasteiger partial charge in [0.2, 0.25) is 11.8 Å². The second-order valence-corrected chi connectivity index (χ2v) is 7.92. The van der Waals surface area contributed by atoms with Crippen molar-refractivity contribution in [2.75, 3.05) is 57.3 Å². The van der Waals surface area contributed by atoms with E-state index in [9.17, 15) is 14.4 Å². The number of rotatable bonds is 3. The first-order valence-electron chi connectivity index (χ1n) is 10.2. The molecule has 0 atom stereocenters. The van der Waals surface area contributed by atoms with Crippen molar-refractivity contribution < 1.29 is 14.4 Å². The molecule has 0 spiro atoms. The number of amides is 3. The highest BCUT2D eigenvalue weighted by Gasteiger charge is 2.27. The van der Waals surface area contributed by atoms with Gasteiger partial charge in [0.05, 0.1) is 6.54 Å². The summed E-state index contributed by atoms with van der Waals surface area (Å²) in [5.41, 5.74) is 2.68. The van der Waals surface area contributed by atoms with Gasteiger partial charge in [-0.05, 0) is 43.0 Å². The Morgan fingerprint density at radius 3 is 2.29 bits per heavy atom. The van der Waals surface area contributed by atoms with E-state index in [0.29, 0.717) is 31.7 Å². The van der Waals surface area contributed by atoms with Crippen LogP contribution in [0.5, 0.6) is 0 Å². The fraction of sp³-hybridized carbons (Fsp3) is 0.571. The van der Waals surface area contributed by atoms with Crippen LogP contribution in [0.3, 0.4) is 0 Å². The highest BCUT2D eigenvalue weighted by Crippen LogP contribution is 2.29. The summed E-state index contributed by atoms with van der Waals surface area (Å²) >= 11 is 0. The molecular weight excluding hydrogens is 356 g/mol. The molecule has 150 valence electrons. The van der Waals surface area contributed by atoms with Gasteiger partial charge in [0.1, 0.15) is 0 Å². The van der Waals surface area contributed by atoms with Crippen molar-refractivity contribution in [3.8, 4) is 0 Å². The van der Waals surface area contributed by atoms with E-state index in [0.717, 1.165) is 56.7 Å². The van der Waals surface area contributed by atoms with Crippen LogP contribution in [0, 0.1) is 0 Å². The number of hydrogen-bond donors (Lipinski definition) is 0. The molecule has 0 saturated carbocycles. The maximum absolute atomic E-state index is 12.9. The van der Waals surface area contributed by atoms with Gasteiger partial charge in [0.15, 0.2) is 0 Å². The van der Waals surface area contributed by atoms with E-state index in [-0.39, 0.29) is 17.7 Å². The quantitative estimate of drug-likeness (QED) is 0.779. The largest absolute Gasteiger partial charge is 0.342 e. The molecule has 7 nitrogen and oxygen atoms in total. The standard InChI is InChI=1S/C21H28N4O3/c1-16(26)25-9-6-17-14-18(4-5-19(17)25)21(28)24-12-10-22(11-13-24)15-20(27)23-7-2-3-8-23/h4-5,14H,2-3,6-13,15H2,1H3. The van der Waals surface area contributed by atoms with Gasteiger partial charge >= 0.3 is 0 Å². The number of piperazine rings is 1. The topological polar surface area (TPSA) is 64.2 Å². The maximum Gasteiger partial charge on any atom is 0.253 e. The first kappa shape index (κ1) is 18.9. The maximum atomic E-state index is 12.9. The lowest BCUT2D eigenvalue weighted by Crippen LogP contribution is -2.51. The summed E-state index contributed by atoms with van der Waals surface area (Å²) in [6, 6.07) is 5.65. The second kappa shape index (κ2) is 7.91. The Labute approximate surface area is 165 Å². The number of fused-ring (bicyclic) bond motifs is 1. The van der Waals surface area contributed by atoms with Crippen LogP contribution in [0.1, 0.15) is 35.7 Å². The number of carbonyl (C=O) groups is 3. The molecule has 0 aromatic heterocycles. The van der Waals surface area contributed by atoms with Gasteiger partial charge in [0, 0.05) is 64.0 Å². The monoisotopic (exact) mass is 384 g/mol. The molecule has 1 aromatic carbocycles. The normalized spacial score (nSPS) is 19.8. The number of likely N-dealkylation sites (tertiary alicyclic amines) is 1. The molecule has 1 aromatic rings. The lowest BCUT2D eigenvalue weighted by molar-refractivity contribution is -0.131. The van der Waals surface area contributed by atoms with Crippen LogP contribution in [0.2, 0.25) is 0 Å². The Morgan fingerprint density at radius 2 is 1.61 bits per heavy atom. The third-order valence-corrected chi connectivity index (χ3v) is 6.08. The zero-order valence-corrected chi connectivity index (χ0v) is 16.5. The van der Waals surface area contributed by atoms with Crippen LogP contribution in [0.15, 0.2) is 18.2 Å². The van der Waals surface area contributed by atoms with Crippen molar-refractivity contribution in [3.63, 3.8) is 0 Å². The highest BCUT2D eigenvalue weighted by atomic mass is 16.2. The van der Waals surface area contributed by atoms with Gasteiger partial charge in [-0.2, -0.15) is 0 Å². The minimum atomic E-state index is 0.0367. The first-order chi connectivity index (χ1) is 13.5. The molecule has 2 saturated heterocycles. The van der Waals surface area contributed by atoms with Gasteiger partial charge in [-0.25, -0.2) is 0 Å². The predicted octanol–water partition coefficient (Wildman–Crippen LogP) is 0.976. The summed E-state index contributed by atoms with van der Waals surface area (Å²) < 4.78 is 0. The summed E-state index contributed by atoms with van der Waals surface area (Å²) in [4.78, 5) is 44.6. The average molecular weight is 384 g/mol. The Morgan fingerprint density at radius 1 is 0.893 bits per heavy atom. The smallest absolute Gasteiger partial charge is 0.253 e. The van der Waals surface area contributed by atoms with Gasteiger partial charge in [-0.15, -0.1) is 0 Å². The summed E-state index contributed by atoms with van der Waals surface area (Å²) in [6.07, 6.45) is 3.01. The van der Waals surface area contributed by atoms with Gasteiger partial charge in [-0.3, -0.25) is 19.3 Å². The molecule has 0 radical (unpaired) electrons. The van der Waals surface area contributed by atoms with E-state index >= 15 is 0 Å². The van der Waals surface area contributed by atoms with E-state index in [1.165, 1.54) is 0 Å². The number of anilines is 1. The molecule has 4 rings (SSSR count). The fourth-order valence-corrected chi connectivity index (χ4v) is 4.41. The number of hydrogen-bond acceptors (Lipinski definition) is 4. The summed E-state index contributed by atoms with van der Waals surface area (Å²) in [6.45, 7) is 7.23. The minimum absolute atomic E-state index is 0.0367. The molecule has 3 amide bonds. The SMILES string of the molecule is CC(=O)N1CCc2cc(C(=O)N3CCN(CC(=O)N4CCCC4)CC3)ccc21. The summed E-state index contributed by atoms with van der Waals surface area (Å²) in [5.74, 6) is 0.290. The lowest BCUT2D eigenvalue weighted by atomic mass is 10.1. The van der Waals surface area contributed by atoms with Crippen molar-refractivity contribution in [3.05, 3.63) is 29.3 Å². The second-order valence-electron chi connectivity index (χ2n) is 7.92. The fourth-order valence-electron chi connectivity index (χ4n) is 4.41. The molecule has 7 heteroatoms. The van der Waals surface area contributed by atoms with Gasteiger partial charge in [0.25, 0.3) is 5.91 Å². The van der Waals surface area contributed by atoms with E-state index < -0.39 is 0 Å². The molecule has 2 fully saturated rings. The van der Waals surface area contributed by atoms with Crippen molar-refractivity contribution in [1.29, 1.82) is 0 Å². The number of carbonyl (C=O) groups excluding carboxylic acids is 3. The first-order valence-corrected chi connectivity index (χ1v) is 10.2. The van der Waals surface area contributed by atoms with Crippen LogP contribution in [-0.2, 0) is 16.0 Å². The molecule has 0 N–H and O–H groups in total. The zero-order valence-electron chi connectivity index (χ0n) is 16.5. The van der Waals surface area contributed by atoms with Crippen molar-refractivity contribution >= 4 is 23.4 Å². The Bertz CT molecular complexity index is 780. The number of nitrogens with zero attached hydrogens (tertiary/aromatic N) is 4. The van der Waals surface area contributed by atoms with E-state index in [1.54, 1.807) is 11.8 Å². The highest BCUT2D eigenvalue weighted by molar-refractivity contribution is 5.98. The lowest BCUT2D eigenvalue weighted by Gasteiger charge is -2.35. The van der Waals surface area contributed by atoms with E-state index in [2.05, 4.69) is 4.90 Å². The summed E-state index contributed by atoms with van der Waals surface area (Å²) in [5, 5.41) is 0. The van der Waals surface area contributed by atoms with Crippen LogP contribution >= 0.6 is 0 Å². The molecular formula is C21H28N4O3. The molecule has 3 aliphatic rings. The molecule has 0 bridgehead atoms. The zero-order chi connectivity index (χ0) is 19.7. The third kappa shape index (κ3) is 3.76. The molecule has 3 aliphatic heterocycles. The van der Waals surface area contributed by atoms with Crippen molar-refractivity contribution in [2.24, 2.45) is 0 Å². The predicted molar refractivity (Wildman–Crippen MR) is 106 cm³/mol. The third-order valence-electron chi connectivity index (χ3n) is 6.08. The molecule has 3 heterocycles. The molecule has 0 aliphatic carbocycles. The van der Waals surface area contributed by atoms with E-state index in [4.69, 9.17) is 0 Å². The Balaban J connectivity index is 1.33. The minimum Gasteiger partial charge on any atom is -0.342 e. The van der Waals surface area contributed by atoms with Crippen LogP contribution < -0.4 is 4.90 Å². The van der Waals surface area contributed by atoms with Crippen molar-refractivity contribution in [1.82, 2.24) is 14.7 Å². The van der Waals surface area contributed by atoms with Crippen LogP contribution in [0.25, 0.3) is 0 Å². The average Bonchev–Trinajstić information content (AvgIpc) is 3.37. The van der Waals surface area contributed by atoms with Crippen LogP contribution in [0.4, 0.5) is 5.69 Å². The van der Waals surface area contributed by atoms with Crippen LogP contribution in [-0.4, -0.2) is 84.8 Å². The Kier molecular flexibility index (Phi) is 5.35. The Hall–Kier alpha value is -2.41. The van der Waals surface area contributed by atoms with E-state index in [1.807, 2.05) is 28.0 Å². The van der Waals surface area contributed by atoms with Gasteiger partial charge in [-0.1, -0.05) is 0 Å². The van der Waals surface area contributed by atoms with Gasteiger partial charge < -0.3 is 14.7 Å². The summed E-state index contributed by atoms with van der Waals surface area (Å²) in [7, 11) is 0.